The number of hydrogen-bond donors (Lipinski definition) is 2. The molecule has 9 nitrogen and oxygen atoms in total. The molecule has 2 saturated heterocycles. The molecular weight excluding hydrogens is 476 g/mol. The number of amides is 1. The Morgan fingerprint density at radius 3 is 1.78 bits per heavy atom. The summed E-state index contributed by atoms with van der Waals surface area (Å²) in [5.74, 6) is -1.09. The topological polar surface area (TPSA) is 126 Å². The molecule has 37 heavy (non-hydrogen) atoms. The van der Waals surface area contributed by atoms with E-state index >= 15 is 0 Å². The third-order valence-electron chi connectivity index (χ3n) is 6.52. The summed E-state index contributed by atoms with van der Waals surface area (Å²) in [5.41, 5.74) is 11.6. The van der Waals surface area contributed by atoms with Gasteiger partial charge in [0.05, 0.1) is 43.2 Å². The molecule has 2 heterocycles. The van der Waals surface area contributed by atoms with Crippen LogP contribution in [-0.4, -0.2) is 45.3 Å². The second kappa shape index (κ2) is 12.7. The van der Waals surface area contributed by atoms with Crippen molar-refractivity contribution in [2.24, 2.45) is 0 Å². The van der Waals surface area contributed by atoms with Crippen molar-refractivity contribution in [2.45, 2.75) is 58.7 Å². The average molecular weight is 513 g/mol. The van der Waals surface area contributed by atoms with Gasteiger partial charge in [-0.2, -0.15) is 0 Å². The summed E-state index contributed by atoms with van der Waals surface area (Å²) < 4.78 is 20.8. The molecule has 0 aromatic heterocycles. The van der Waals surface area contributed by atoms with E-state index in [0.29, 0.717) is 22.5 Å². The SMILES string of the molecule is COC(=O)c1cc(C2CCCO2)c(C)cc1N.COC(=O)c1cc(C2CCCO2)c(C)cc1NC(C)=O. The lowest BCUT2D eigenvalue weighted by atomic mass is 9.97. The number of aryl methyl sites for hydroxylation is 2. The second-order valence-electron chi connectivity index (χ2n) is 9.22. The van der Waals surface area contributed by atoms with Crippen LogP contribution in [0.4, 0.5) is 11.4 Å². The lowest BCUT2D eigenvalue weighted by Gasteiger charge is -2.17. The van der Waals surface area contributed by atoms with Crippen LogP contribution in [0.5, 0.6) is 0 Å². The Morgan fingerprint density at radius 1 is 0.838 bits per heavy atom. The first-order valence-corrected chi connectivity index (χ1v) is 12.4. The van der Waals surface area contributed by atoms with Crippen LogP contribution in [0.25, 0.3) is 0 Å². The number of nitrogen functional groups attached to an aromatic ring is 1. The van der Waals surface area contributed by atoms with Crippen molar-refractivity contribution < 1.29 is 33.3 Å². The third kappa shape index (κ3) is 6.87. The fraction of sp³-hybridized carbons (Fsp3) is 0.464. The maximum Gasteiger partial charge on any atom is 0.339 e. The number of ether oxygens (including phenoxy) is 4. The largest absolute Gasteiger partial charge is 0.465 e. The monoisotopic (exact) mass is 512 g/mol. The zero-order chi connectivity index (χ0) is 27.1. The minimum atomic E-state index is -0.465. The van der Waals surface area contributed by atoms with Gasteiger partial charge in [0, 0.05) is 25.8 Å². The summed E-state index contributed by atoms with van der Waals surface area (Å²) in [5, 5.41) is 2.67. The van der Waals surface area contributed by atoms with Crippen molar-refractivity contribution in [3.8, 4) is 0 Å². The summed E-state index contributed by atoms with van der Waals surface area (Å²) in [6.07, 6.45) is 4.11. The number of methoxy groups -OCH3 is 2. The van der Waals surface area contributed by atoms with E-state index in [1.54, 1.807) is 18.2 Å². The van der Waals surface area contributed by atoms with Gasteiger partial charge in [-0.05, 0) is 86.1 Å². The van der Waals surface area contributed by atoms with Gasteiger partial charge in [-0.15, -0.1) is 0 Å². The van der Waals surface area contributed by atoms with Gasteiger partial charge in [-0.3, -0.25) is 4.79 Å². The van der Waals surface area contributed by atoms with Crippen molar-refractivity contribution in [3.63, 3.8) is 0 Å². The Bertz CT molecular complexity index is 1150. The summed E-state index contributed by atoms with van der Waals surface area (Å²) in [6.45, 7) is 6.86. The highest BCUT2D eigenvalue weighted by molar-refractivity contribution is 6.01. The number of benzene rings is 2. The van der Waals surface area contributed by atoms with Crippen LogP contribution in [0.3, 0.4) is 0 Å². The normalized spacial score (nSPS) is 18.5. The maximum atomic E-state index is 11.9. The first-order valence-electron chi connectivity index (χ1n) is 12.4. The van der Waals surface area contributed by atoms with E-state index in [1.165, 1.54) is 21.1 Å². The zero-order valence-corrected chi connectivity index (χ0v) is 22.1. The Hall–Kier alpha value is -3.43. The van der Waals surface area contributed by atoms with E-state index in [4.69, 9.17) is 24.7 Å². The summed E-state index contributed by atoms with van der Waals surface area (Å²) in [6, 6.07) is 7.17. The lowest BCUT2D eigenvalue weighted by Crippen LogP contribution is -2.14. The molecule has 200 valence electrons. The molecule has 2 atom stereocenters. The number of nitrogens with one attached hydrogen (secondary N) is 1. The molecule has 3 N–H and O–H groups in total. The van der Waals surface area contributed by atoms with Gasteiger partial charge in [0.1, 0.15) is 0 Å². The minimum absolute atomic E-state index is 0.0183. The number of anilines is 2. The van der Waals surface area contributed by atoms with Gasteiger partial charge in [0.25, 0.3) is 0 Å². The molecule has 2 aliphatic heterocycles. The molecule has 4 rings (SSSR count). The van der Waals surface area contributed by atoms with E-state index in [2.05, 4.69) is 5.32 Å². The molecule has 1 amide bonds. The van der Waals surface area contributed by atoms with Crippen LogP contribution in [0.15, 0.2) is 24.3 Å². The number of carbonyl (C=O) groups is 3. The average Bonchev–Trinajstić information content (AvgIpc) is 3.58. The van der Waals surface area contributed by atoms with Crippen molar-refractivity contribution >= 4 is 29.2 Å². The van der Waals surface area contributed by atoms with Crippen LogP contribution < -0.4 is 11.1 Å². The van der Waals surface area contributed by atoms with Crippen LogP contribution in [0.2, 0.25) is 0 Å². The molecule has 2 aromatic rings. The summed E-state index contributed by atoms with van der Waals surface area (Å²) in [7, 11) is 2.68. The molecule has 2 fully saturated rings. The molecule has 9 heteroatoms. The predicted octanol–water partition coefficient (Wildman–Crippen LogP) is 4.81. The molecule has 0 spiro atoms. The Balaban J connectivity index is 0.000000208. The van der Waals surface area contributed by atoms with Crippen molar-refractivity contribution in [1.82, 2.24) is 0 Å². The first-order chi connectivity index (χ1) is 17.7. The molecule has 2 aromatic carbocycles. The van der Waals surface area contributed by atoms with Gasteiger partial charge in [0.15, 0.2) is 0 Å². The second-order valence-corrected chi connectivity index (χ2v) is 9.22. The molecule has 0 bridgehead atoms. The zero-order valence-electron chi connectivity index (χ0n) is 22.1. The maximum absolute atomic E-state index is 11.9. The highest BCUT2D eigenvalue weighted by atomic mass is 16.5. The van der Waals surface area contributed by atoms with Gasteiger partial charge in [-0.25, -0.2) is 9.59 Å². The van der Waals surface area contributed by atoms with Gasteiger partial charge < -0.3 is 30.0 Å². The van der Waals surface area contributed by atoms with Crippen LogP contribution in [-0.2, 0) is 23.7 Å². The van der Waals surface area contributed by atoms with Crippen LogP contribution in [0.1, 0.15) is 87.8 Å². The third-order valence-corrected chi connectivity index (χ3v) is 6.52. The molecule has 2 unspecified atom stereocenters. The van der Waals surface area contributed by atoms with E-state index in [0.717, 1.165) is 61.2 Å². The first kappa shape index (κ1) is 28.1. The van der Waals surface area contributed by atoms with E-state index in [1.807, 2.05) is 19.9 Å². The summed E-state index contributed by atoms with van der Waals surface area (Å²) in [4.78, 5) is 34.7. The number of rotatable bonds is 5. The molecule has 0 aliphatic carbocycles. The Morgan fingerprint density at radius 2 is 1.32 bits per heavy atom. The predicted molar refractivity (Wildman–Crippen MR) is 140 cm³/mol. The standard InChI is InChI=1S/C15H19NO4.C13H17NO3/c1-9-7-13(16-10(2)17)12(15(18)19-3)8-11(9)14-5-4-6-20-14;1-8-6-11(14)10(13(15)16-2)7-9(8)12-4-3-5-17-12/h7-8,14H,4-6H2,1-3H3,(H,16,17);6-7,12H,3-5,14H2,1-2H3. The molecule has 0 radical (unpaired) electrons. The molecule has 0 saturated carbocycles. The number of nitrogens with two attached hydrogens (primary N) is 1. The van der Waals surface area contributed by atoms with E-state index in [9.17, 15) is 14.4 Å². The number of hydrogen-bond acceptors (Lipinski definition) is 8. The van der Waals surface area contributed by atoms with Crippen molar-refractivity contribution in [2.75, 3.05) is 38.5 Å². The molecule has 2 aliphatic rings. The highest BCUT2D eigenvalue weighted by Crippen LogP contribution is 2.34. The highest BCUT2D eigenvalue weighted by Gasteiger charge is 2.24. The summed E-state index contributed by atoms with van der Waals surface area (Å²) >= 11 is 0. The Labute approximate surface area is 217 Å². The van der Waals surface area contributed by atoms with E-state index in [-0.39, 0.29) is 18.1 Å². The van der Waals surface area contributed by atoms with Gasteiger partial charge in [0.2, 0.25) is 5.91 Å². The van der Waals surface area contributed by atoms with E-state index < -0.39 is 11.9 Å². The number of esters is 2. The smallest absolute Gasteiger partial charge is 0.339 e. The van der Waals surface area contributed by atoms with Crippen LogP contribution in [0, 0.1) is 13.8 Å². The fourth-order valence-corrected chi connectivity index (χ4v) is 4.67. The quantitative estimate of drug-likeness (QED) is 0.432. The fourth-order valence-electron chi connectivity index (χ4n) is 4.67. The van der Waals surface area contributed by atoms with Crippen LogP contribution >= 0.6 is 0 Å². The Kier molecular flexibility index (Phi) is 9.66. The molecular formula is C28H36N2O7. The lowest BCUT2D eigenvalue weighted by molar-refractivity contribution is -0.114. The van der Waals surface area contributed by atoms with Crippen molar-refractivity contribution in [3.05, 3.63) is 57.6 Å². The van der Waals surface area contributed by atoms with Gasteiger partial charge >= 0.3 is 11.9 Å². The van der Waals surface area contributed by atoms with Gasteiger partial charge in [-0.1, -0.05) is 0 Å². The van der Waals surface area contributed by atoms with Crippen molar-refractivity contribution in [1.29, 1.82) is 0 Å². The number of carbonyl (C=O) groups excluding carboxylic acids is 3. The minimum Gasteiger partial charge on any atom is -0.465 e.